The molecule has 1 saturated heterocycles. The van der Waals surface area contributed by atoms with E-state index in [1.807, 2.05) is 34.6 Å². The maximum atomic E-state index is 11.9. The fourth-order valence-electron chi connectivity index (χ4n) is 1.60. The van der Waals surface area contributed by atoms with E-state index in [1.165, 1.54) is 0 Å². The highest BCUT2D eigenvalue weighted by atomic mass is 32.2. The molecule has 0 aromatic rings. The molecule has 6 heteroatoms. The minimum atomic E-state index is -1.15. The van der Waals surface area contributed by atoms with Gasteiger partial charge in [-0.05, 0) is 34.6 Å². The van der Waals surface area contributed by atoms with Gasteiger partial charge in [0.15, 0.2) is 0 Å². The van der Waals surface area contributed by atoms with E-state index in [4.69, 9.17) is 4.74 Å². The molecule has 0 radical (unpaired) electrons. The summed E-state index contributed by atoms with van der Waals surface area (Å²) in [5, 5.41) is 0.0383. The minimum Gasteiger partial charge on any atom is -0.444 e. The molecule has 1 atom stereocenters. The van der Waals surface area contributed by atoms with Gasteiger partial charge in [0.2, 0.25) is 0 Å². The molecule has 5 nitrogen and oxygen atoms in total. The number of ether oxygens (including phenoxy) is 1. The monoisotopic (exact) mass is 288 g/mol. The van der Waals surface area contributed by atoms with Crippen LogP contribution in [-0.4, -0.2) is 44.9 Å². The Morgan fingerprint density at radius 3 is 2.26 bits per heavy atom. The summed E-state index contributed by atoms with van der Waals surface area (Å²) >= 11 is 0. The van der Waals surface area contributed by atoms with Gasteiger partial charge in [-0.1, -0.05) is 0 Å². The number of hydrogen-bond donors (Lipinski definition) is 0. The molecule has 0 aliphatic carbocycles. The standard InChI is InChI=1S/C13H24N2O3S/c1-10(2)19(17)14-11-6-8-15(9-7-11)12(16)18-13(3,4)5/h10H,6-9H2,1-5H3. The molecule has 0 bridgehead atoms. The van der Waals surface area contributed by atoms with Crippen molar-refractivity contribution in [3.8, 4) is 0 Å². The van der Waals surface area contributed by atoms with E-state index in [2.05, 4.69) is 4.40 Å². The van der Waals surface area contributed by atoms with Gasteiger partial charge in [0.05, 0.1) is 5.25 Å². The van der Waals surface area contributed by atoms with E-state index in [0.29, 0.717) is 25.9 Å². The van der Waals surface area contributed by atoms with Crippen molar-refractivity contribution >= 4 is 22.8 Å². The number of nitrogens with zero attached hydrogens (tertiary/aromatic N) is 2. The second-order valence-electron chi connectivity index (χ2n) is 5.95. The summed E-state index contributed by atoms with van der Waals surface area (Å²) < 4.78 is 21.2. The molecule has 1 unspecified atom stereocenters. The molecule has 1 fully saturated rings. The van der Waals surface area contributed by atoms with Gasteiger partial charge >= 0.3 is 6.09 Å². The molecule has 0 saturated carbocycles. The third kappa shape index (κ3) is 5.72. The first kappa shape index (κ1) is 16.1. The Bertz CT molecular complexity index is 376. The van der Waals surface area contributed by atoms with Gasteiger partial charge in [-0.3, -0.25) is 0 Å². The van der Waals surface area contributed by atoms with E-state index in [-0.39, 0.29) is 11.3 Å². The number of carbonyl (C=O) groups excluding carboxylic acids is 1. The van der Waals surface area contributed by atoms with Gasteiger partial charge < -0.3 is 9.64 Å². The van der Waals surface area contributed by atoms with Crippen molar-refractivity contribution in [1.29, 1.82) is 0 Å². The zero-order chi connectivity index (χ0) is 14.6. The summed E-state index contributed by atoms with van der Waals surface area (Å²) in [7, 11) is -1.15. The van der Waals surface area contributed by atoms with Crippen molar-refractivity contribution in [1.82, 2.24) is 4.90 Å². The van der Waals surface area contributed by atoms with Gasteiger partial charge in [-0.15, -0.1) is 0 Å². The second-order valence-corrected chi connectivity index (χ2v) is 7.63. The fourth-order valence-corrected chi connectivity index (χ4v) is 2.25. The third-order valence-electron chi connectivity index (χ3n) is 2.61. The molecule has 110 valence electrons. The fraction of sp³-hybridized carbons (Fsp3) is 0.846. The van der Waals surface area contributed by atoms with Gasteiger partial charge in [0.1, 0.15) is 16.6 Å². The topological polar surface area (TPSA) is 59.0 Å². The van der Waals surface area contributed by atoms with E-state index in [0.717, 1.165) is 5.71 Å². The maximum absolute atomic E-state index is 11.9. The van der Waals surface area contributed by atoms with E-state index in [1.54, 1.807) is 4.90 Å². The molecule has 1 rings (SSSR count). The summed E-state index contributed by atoms with van der Waals surface area (Å²) in [4.78, 5) is 13.5. The molecule has 19 heavy (non-hydrogen) atoms. The molecular weight excluding hydrogens is 264 g/mol. The Kier molecular flexibility index (Phi) is 5.52. The van der Waals surface area contributed by atoms with Crippen molar-refractivity contribution in [3.05, 3.63) is 0 Å². The van der Waals surface area contributed by atoms with Crippen molar-refractivity contribution in [2.45, 2.75) is 58.3 Å². The third-order valence-corrected chi connectivity index (χ3v) is 3.86. The van der Waals surface area contributed by atoms with Crippen LogP contribution >= 0.6 is 0 Å². The summed E-state index contributed by atoms with van der Waals surface area (Å²) in [6.45, 7) is 10.5. The van der Waals surface area contributed by atoms with E-state index in [9.17, 15) is 9.00 Å². The number of rotatable bonds is 2. The zero-order valence-corrected chi connectivity index (χ0v) is 13.2. The number of hydrogen-bond acceptors (Lipinski definition) is 3. The largest absolute Gasteiger partial charge is 0.444 e. The van der Waals surface area contributed by atoms with Crippen molar-refractivity contribution in [3.63, 3.8) is 0 Å². The molecule has 0 spiro atoms. The lowest BCUT2D eigenvalue weighted by atomic mass is 10.1. The lowest BCUT2D eigenvalue weighted by molar-refractivity contribution is 0.0249. The van der Waals surface area contributed by atoms with E-state index >= 15 is 0 Å². The van der Waals surface area contributed by atoms with Gasteiger partial charge in [0, 0.05) is 31.6 Å². The first-order valence-electron chi connectivity index (χ1n) is 6.64. The average molecular weight is 288 g/mol. The zero-order valence-electron chi connectivity index (χ0n) is 12.4. The minimum absolute atomic E-state index is 0.0383. The Morgan fingerprint density at radius 2 is 1.84 bits per heavy atom. The number of carbonyl (C=O) groups is 1. The van der Waals surface area contributed by atoms with Crippen LogP contribution in [0.25, 0.3) is 0 Å². The molecule has 0 N–H and O–H groups in total. The average Bonchev–Trinajstić information content (AvgIpc) is 2.27. The molecule has 0 aromatic heterocycles. The van der Waals surface area contributed by atoms with Gasteiger partial charge in [-0.25, -0.2) is 9.00 Å². The summed E-state index contributed by atoms with van der Waals surface area (Å²) in [5.41, 5.74) is 0.469. The van der Waals surface area contributed by atoms with Crippen LogP contribution in [0.3, 0.4) is 0 Å². The Morgan fingerprint density at radius 1 is 1.32 bits per heavy atom. The lowest BCUT2D eigenvalue weighted by Gasteiger charge is -2.30. The molecule has 1 heterocycles. The van der Waals surface area contributed by atoms with Gasteiger partial charge in [-0.2, -0.15) is 4.40 Å². The van der Waals surface area contributed by atoms with Crippen LogP contribution in [-0.2, 0) is 15.7 Å². The molecule has 0 aromatic carbocycles. The first-order valence-corrected chi connectivity index (χ1v) is 7.81. The van der Waals surface area contributed by atoms with Crippen LogP contribution in [0, 0.1) is 0 Å². The van der Waals surface area contributed by atoms with Crippen LogP contribution in [0.2, 0.25) is 0 Å². The van der Waals surface area contributed by atoms with Crippen molar-refractivity contribution < 1.29 is 13.7 Å². The predicted molar refractivity (Wildman–Crippen MR) is 77.8 cm³/mol. The van der Waals surface area contributed by atoms with Crippen molar-refractivity contribution in [2.75, 3.05) is 13.1 Å². The Labute approximate surface area is 118 Å². The summed E-state index contributed by atoms with van der Waals surface area (Å²) in [5.74, 6) is 0. The maximum Gasteiger partial charge on any atom is 0.410 e. The Hall–Kier alpha value is -0.910. The highest BCUT2D eigenvalue weighted by molar-refractivity contribution is 7.84. The molecule has 1 aliphatic heterocycles. The van der Waals surface area contributed by atoms with Crippen molar-refractivity contribution in [2.24, 2.45) is 4.40 Å². The lowest BCUT2D eigenvalue weighted by Crippen LogP contribution is -2.42. The smallest absolute Gasteiger partial charge is 0.410 e. The quantitative estimate of drug-likeness (QED) is 0.784. The number of piperidine rings is 1. The number of amides is 1. The van der Waals surface area contributed by atoms with Crippen LogP contribution in [0.4, 0.5) is 4.79 Å². The summed E-state index contributed by atoms with van der Waals surface area (Å²) in [6, 6.07) is 0. The predicted octanol–water partition coefficient (Wildman–Crippen LogP) is 2.53. The van der Waals surface area contributed by atoms with E-state index < -0.39 is 16.6 Å². The van der Waals surface area contributed by atoms with Crippen LogP contribution < -0.4 is 0 Å². The van der Waals surface area contributed by atoms with Crippen LogP contribution in [0.5, 0.6) is 0 Å². The highest BCUT2D eigenvalue weighted by Crippen LogP contribution is 2.14. The molecule has 1 aliphatic rings. The molecule has 1 amide bonds. The van der Waals surface area contributed by atoms with Crippen LogP contribution in [0.1, 0.15) is 47.5 Å². The number of likely N-dealkylation sites (tertiary alicyclic amines) is 1. The summed E-state index contributed by atoms with van der Waals surface area (Å²) in [6.07, 6.45) is 1.08. The first-order chi connectivity index (χ1) is 8.69. The SMILES string of the molecule is CC(C)S(=O)N=C1CCN(C(=O)OC(C)(C)C)CC1. The normalized spacial score (nSPS) is 18.4. The highest BCUT2D eigenvalue weighted by Gasteiger charge is 2.25. The van der Waals surface area contributed by atoms with Gasteiger partial charge in [0.25, 0.3) is 0 Å². The Balaban J connectivity index is 2.49. The second kappa shape index (κ2) is 6.50. The van der Waals surface area contributed by atoms with Crippen LogP contribution in [0.15, 0.2) is 4.40 Å². The molecular formula is C13H24N2O3S.